The molecule has 67 heavy (non-hydrogen) atoms. The first kappa shape index (κ1) is 38.5. The van der Waals surface area contributed by atoms with Crippen molar-refractivity contribution in [3.63, 3.8) is 0 Å². The van der Waals surface area contributed by atoms with E-state index in [1.165, 1.54) is 27.3 Å². The highest BCUT2D eigenvalue weighted by Gasteiger charge is 2.24. The van der Waals surface area contributed by atoms with Crippen LogP contribution in [0.25, 0.3) is 122 Å². The van der Waals surface area contributed by atoms with E-state index in [-0.39, 0.29) is 0 Å². The number of rotatable bonds is 8. The van der Waals surface area contributed by atoms with Crippen molar-refractivity contribution in [1.82, 2.24) is 9.13 Å². The lowest BCUT2D eigenvalue weighted by molar-refractivity contribution is 0.669. The van der Waals surface area contributed by atoms with Crippen molar-refractivity contribution in [3.8, 4) is 78.7 Å². The predicted molar refractivity (Wildman–Crippen MR) is 280 cm³/mol. The van der Waals surface area contributed by atoms with E-state index in [9.17, 15) is 0 Å². The normalized spacial score (nSPS) is 11.6. The summed E-state index contributed by atoms with van der Waals surface area (Å²) in [6.45, 7) is 0. The molecule has 0 radical (unpaired) electrons. The van der Waals surface area contributed by atoms with Crippen LogP contribution in [0, 0.1) is 0 Å². The van der Waals surface area contributed by atoms with Crippen LogP contribution in [0.1, 0.15) is 0 Å². The largest absolute Gasteiger partial charge is 0.456 e. The Hall–Kier alpha value is -8.92. The fourth-order valence-corrected chi connectivity index (χ4v) is 10.4. The minimum absolute atomic E-state index is 0.871. The second-order valence-corrected chi connectivity index (χ2v) is 17.2. The molecule has 0 saturated carbocycles. The zero-order valence-electron chi connectivity index (χ0n) is 36.6. The molecule has 3 aromatic heterocycles. The van der Waals surface area contributed by atoms with Crippen molar-refractivity contribution in [2.45, 2.75) is 0 Å². The molecule has 3 nitrogen and oxygen atoms in total. The third kappa shape index (κ3) is 6.43. The quantitative estimate of drug-likeness (QED) is 0.140. The van der Waals surface area contributed by atoms with Gasteiger partial charge >= 0.3 is 0 Å². The first-order valence-electron chi connectivity index (χ1n) is 22.9. The molecule has 13 rings (SSSR count). The van der Waals surface area contributed by atoms with E-state index >= 15 is 0 Å². The number of benzene rings is 10. The van der Waals surface area contributed by atoms with Crippen molar-refractivity contribution in [2.24, 2.45) is 0 Å². The number of furan rings is 1. The van der Waals surface area contributed by atoms with Gasteiger partial charge in [0.15, 0.2) is 0 Å². The van der Waals surface area contributed by atoms with Crippen LogP contribution >= 0.6 is 0 Å². The van der Waals surface area contributed by atoms with Crippen molar-refractivity contribution in [2.75, 3.05) is 0 Å². The molecule has 0 saturated heterocycles. The Morgan fingerprint density at radius 3 is 1.12 bits per heavy atom. The number of aromatic nitrogens is 2. The number of para-hydroxylation sites is 1. The standard InChI is InChI=1S/C64H42N2O/c1-6-19-43(20-7-1)56-37-38-57(44-21-8-2-9-22-44)65(56)48-34-36-51-54(41-48)62(47-27-14-5-15-28-47)50-35-33-49(66-58(45-23-10-3-11-24-45)39-40-59(66)46-25-12-4-13-26-46)42-55(50)63(51)53-30-18-32-61-64(53)52-29-16-17-31-60(52)67-61/h1-42H. The second-order valence-electron chi connectivity index (χ2n) is 17.2. The Bertz CT molecular complexity index is 3820. The van der Waals surface area contributed by atoms with Crippen LogP contribution in [0.2, 0.25) is 0 Å². The average Bonchev–Trinajstić information content (AvgIpc) is 4.16. The number of nitrogens with zero attached hydrogens (tertiary/aromatic N) is 2. The van der Waals surface area contributed by atoms with Gasteiger partial charge in [-0.3, -0.25) is 0 Å². The van der Waals surface area contributed by atoms with Gasteiger partial charge in [-0.2, -0.15) is 0 Å². The summed E-state index contributed by atoms with van der Waals surface area (Å²) in [7, 11) is 0. The fraction of sp³-hybridized carbons (Fsp3) is 0. The first-order valence-corrected chi connectivity index (χ1v) is 22.9. The number of hydrogen-bond acceptors (Lipinski definition) is 1. The molecule has 0 aliphatic rings. The Kier molecular flexibility index (Phi) is 9.17. The van der Waals surface area contributed by atoms with E-state index in [4.69, 9.17) is 4.42 Å². The van der Waals surface area contributed by atoms with Gasteiger partial charge in [0.25, 0.3) is 0 Å². The van der Waals surface area contributed by atoms with Crippen molar-refractivity contribution in [3.05, 3.63) is 255 Å². The molecule has 0 fully saturated rings. The fourth-order valence-electron chi connectivity index (χ4n) is 10.4. The summed E-state index contributed by atoms with van der Waals surface area (Å²) in [6, 6.07) is 92.0. The van der Waals surface area contributed by atoms with E-state index in [0.717, 1.165) is 94.9 Å². The summed E-state index contributed by atoms with van der Waals surface area (Å²) in [5, 5.41) is 6.89. The van der Waals surface area contributed by atoms with Gasteiger partial charge in [-0.1, -0.05) is 194 Å². The molecule has 0 bridgehead atoms. The van der Waals surface area contributed by atoms with Crippen LogP contribution < -0.4 is 0 Å². The third-order valence-electron chi connectivity index (χ3n) is 13.4. The van der Waals surface area contributed by atoms with E-state index < -0.39 is 0 Å². The highest BCUT2D eigenvalue weighted by atomic mass is 16.3. The third-order valence-corrected chi connectivity index (χ3v) is 13.4. The van der Waals surface area contributed by atoms with Crippen LogP contribution in [-0.2, 0) is 0 Å². The number of hydrogen-bond donors (Lipinski definition) is 0. The molecule has 0 N–H and O–H groups in total. The van der Waals surface area contributed by atoms with Crippen LogP contribution in [0.5, 0.6) is 0 Å². The van der Waals surface area contributed by atoms with Gasteiger partial charge in [-0.05, 0) is 127 Å². The molecule has 10 aromatic carbocycles. The summed E-state index contributed by atoms with van der Waals surface area (Å²) in [6.07, 6.45) is 0. The van der Waals surface area contributed by atoms with E-state index in [1.54, 1.807) is 0 Å². The minimum atomic E-state index is 0.871. The second kappa shape index (κ2) is 16.0. The van der Waals surface area contributed by atoms with E-state index in [2.05, 4.69) is 264 Å². The van der Waals surface area contributed by atoms with Gasteiger partial charge in [0, 0.05) is 22.1 Å². The summed E-state index contributed by atoms with van der Waals surface area (Å²) in [5.74, 6) is 0. The molecule has 0 aliphatic heterocycles. The maximum atomic E-state index is 6.61. The molecule has 314 valence electrons. The van der Waals surface area contributed by atoms with E-state index in [1.807, 2.05) is 0 Å². The maximum absolute atomic E-state index is 6.61. The van der Waals surface area contributed by atoms with Gasteiger partial charge < -0.3 is 13.6 Å². The maximum Gasteiger partial charge on any atom is 0.136 e. The topological polar surface area (TPSA) is 23.0 Å². The van der Waals surface area contributed by atoms with Crippen LogP contribution in [0.3, 0.4) is 0 Å². The van der Waals surface area contributed by atoms with Gasteiger partial charge in [0.05, 0.1) is 22.8 Å². The molecule has 0 atom stereocenters. The Balaban J connectivity index is 1.17. The minimum Gasteiger partial charge on any atom is -0.456 e. The lowest BCUT2D eigenvalue weighted by Gasteiger charge is -2.22. The monoisotopic (exact) mass is 854 g/mol. The van der Waals surface area contributed by atoms with Crippen LogP contribution in [0.15, 0.2) is 259 Å². The zero-order valence-corrected chi connectivity index (χ0v) is 36.6. The highest BCUT2D eigenvalue weighted by molar-refractivity contribution is 6.26. The molecule has 0 unspecified atom stereocenters. The van der Waals surface area contributed by atoms with Gasteiger partial charge in [0.1, 0.15) is 11.2 Å². The first-order chi connectivity index (χ1) is 33.3. The van der Waals surface area contributed by atoms with E-state index in [0.29, 0.717) is 0 Å². The van der Waals surface area contributed by atoms with Crippen molar-refractivity contribution < 1.29 is 4.42 Å². The molecular weight excluding hydrogens is 813 g/mol. The van der Waals surface area contributed by atoms with Gasteiger partial charge in [-0.25, -0.2) is 0 Å². The lowest BCUT2D eigenvalue weighted by Crippen LogP contribution is -2.02. The molecule has 0 aliphatic carbocycles. The van der Waals surface area contributed by atoms with Crippen molar-refractivity contribution in [1.29, 1.82) is 0 Å². The van der Waals surface area contributed by atoms with Gasteiger partial charge in [0.2, 0.25) is 0 Å². The molecule has 13 aromatic rings. The lowest BCUT2D eigenvalue weighted by atomic mass is 9.84. The summed E-state index contributed by atoms with van der Waals surface area (Å²) in [4.78, 5) is 0. The Morgan fingerprint density at radius 1 is 0.254 bits per heavy atom. The predicted octanol–water partition coefficient (Wildman–Crippen LogP) is 17.5. The van der Waals surface area contributed by atoms with Crippen LogP contribution in [-0.4, -0.2) is 9.13 Å². The molecule has 0 spiro atoms. The molecule has 3 heterocycles. The zero-order chi connectivity index (χ0) is 44.3. The highest BCUT2D eigenvalue weighted by Crippen LogP contribution is 2.49. The number of fused-ring (bicyclic) bond motifs is 5. The summed E-state index contributed by atoms with van der Waals surface area (Å²) >= 11 is 0. The Labute approximate surface area is 388 Å². The Morgan fingerprint density at radius 2 is 0.642 bits per heavy atom. The van der Waals surface area contributed by atoms with Crippen molar-refractivity contribution >= 4 is 43.5 Å². The summed E-state index contributed by atoms with van der Waals surface area (Å²) < 4.78 is 11.5. The SMILES string of the molecule is c1ccc(-c2c3cc(-n4c(-c5ccccc5)ccc4-c4ccccc4)ccc3c(-c3cccc4oc5ccccc5c34)c3cc(-n4c(-c5ccccc5)ccc4-c4ccccc4)ccc23)cc1. The molecule has 0 amide bonds. The molecular formula is C64H42N2O. The van der Waals surface area contributed by atoms with Gasteiger partial charge in [-0.15, -0.1) is 0 Å². The smallest absolute Gasteiger partial charge is 0.136 e. The van der Waals surface area contributed by atoms with Crippen LogP contribution in [0.4, 0.5) is 0 Å². The average molecular weight is 855 g/mol. The summed E-state index contributed by atoms with van der Waals surface area (Å²) in [5.41, 5.74) is 17.8. The molecule has 3 heteroatoms.